The largest absolute Gasteiger partial charge is 0.394 e. The van der Waals surface area contributed by atoms with E-state index in [0.717, 1.165) is 36.8 Å². The van der Waals surface area contributed by atoms with Gasteiger partial charge in [-0.25, -0.2) is 0 Å². The van der Waals surface area contributed by atoms with Crippen LogP contribution in [0.5, 0.6) is 0 Å². The molecule has 0 saturated carbocycles. The Morgan fingerprint density at radius 3 is 2.43 bits per heavy atom. The van der Waals surface area contributed by atoms with Crippen LogP contribution < -0.4 is 0 Å². The first-order valence-electron chi connectivity index (χ1n) is 20.4. The third-order valence-corrected chi connectivity index (χ3v) is 14.0. The molecule has 8 fully saturated rings. The third kappa shape index (κ3) is 7.61. The summed E-state index contributed by atoms with van der Waals surface area (Å²) >= 11 is 0. The smallest absolute Gasteiger partial charge is 0.172 e. The molecule has 8 aliphatic heterocycles. The molecule has 0 aliphatic carbocycles. The number of fused-ring (bicyclic) bond motifs is 9. The molecule has 10 bridgehead atoms. The molecular weight excluding hydrogens is 684 g/mol. The lowest BCUT2D eigenvalue weighted by molar-refractivity contribution is -0.300. The van der Waals surface area contributed by atoms with Gasteiger partial charge in [-0.3, -0.25) is 4.79 Å². The van der Waals surface area contributed by atoms with Crippen LogP contribution in [-0.2, 0) is 42.7 Å². The first-order valence-corrected chi connectivity index (χ1v) is 20.4. The Balaban J connectivity index is 1.07. The number of ketones is 1. The summed E-state index contributed by atoms with van der Waals surface area (Å²) in [6.45, 7) is 12.7. The van der Waals surface area contributed by atoms with Crippen molar-refractivity contribution in [2.45, 2.75) is 201 Å². The Morgan fingerprint density at radius 2 is 1.64 bits per heavy atom. The minimum atomic E-state index is -0.972. The van der Waals surface area contributed by atoms with Gasteiger partial charge in [-0.2, -0.15) is 0 Å². The van der Waals surface area contributed by atoms with E-state index in [9.17, 15) is 20.1 Å². The molecule has 53 heavy (non-hydrogen) atoms. The molecule has 12 heteroatoms. The topological polar surface area (TPSA) is 152 Å². The van der Waals surface area contributed by atoms with Crippen molar-refractivity contribution in [3.05, 3.63) is 24.3 Å². The van der Waals surface area contributed by atoms with Gasteiger partial charge in [0.05, 0.1) is 85.5 Å². The Hall–Kier alpha value is -1.29. The number of ether oxygens (including phenoxy) is 8. The van der Waals surface area contributed by atoms with Gasteiger partial charge in [-0.1, -0.05) is 20.1 Å². The lowest BCUT2D eigenvalue weighted by Gasteiger charge is -2.53. The van der Waals surface area contributed by atoms with Crippen LogP contribution in [-0.4, -0.2) is 132 Å². The quantitative estimate of drug-likeness (QED) is 0.359. The molecule has 8 heterocycles. The molecule has 18 atom stereocenters. The van der Waals surface area contributed by atoms with E-state index in [-0.39, 0.29) is 92.3 Å². The summed E-state index contributed by atoms with van der Waals surface area (Å²) in [4.78, 5) is 14.1. The predicted octanol–water partition coefficient (Wildman–Crippen LogP) is 3.85. The van der Waals surface area contributed by atoms with Crippen LogP contribution in [0.1, 0.15) is 104 Å². The van der Waals surface area contributed by atoms with Gasteiger partial charge in [0.25, 0.3) is 0 Å². The monoisotopic (exact) mass is 746 g/mol. The van der Waals surface area contributed by atoms with Gasteiger partial charge >= 0.3 is 0 Å². The summed E-state index contributed by atoms with van der Waals surface area (Å²) in [6.07, 6.45) is 2.92. The second-order valence-electron chi connectivity index (χ2n) is 17.9. The average Bonchev–Trinajstić information content (AvgIpc) is 3.72. The molecule has 0 radical (unpaired) electrons. The molecule has 0 aromatic rings. The Kier molecular flexibility index (Phi) is 11.1. The summed E-state index contributed by atoms with van der Waals surface area (Å²) in [5, 5.41) is 31.3. The summed E-state index contributed by atoms with van der Waals surface area (Å²) in [5.41, 5.74) is 1.48. The van der Waals surface area contributed by atoms with E-state index in [1.54, 1.807) is 7.11 Å². The van der Waals surface area contributed by atoms with Gasteiger partial charge < -0.3 is 53.2 Å². The number of aliphatic hydroxyl groups is 3. The standard InChI is InChI=1S/C41H62O12/c1-21-12-26-6-7-31-22(2)13-27(47-31)9-11-41-19-30(45)38(53-41)35-18-36(52-41)39-40(4,51-35)10-8-28(49-39)14-24(43)15-29-33(17-32(48-26)23(21)3)50-34(37(29)46-5)16-25(44)20-42/h21,25-39,42,44-45H,2-3,6-20H2,1,4-5H3/t21-,25+,26+,27+,28?,29+,30-,31+,32?,33+,34-,35?,36-,37-,38+,39-,40+,41-/m1/s1. The van der Waals surface area contributed by atoms with Crippen molar-refractivity contribution in [2.24, 2.45) is 11.8 Å². The highest BCUT2D eigenvalue weighted by molar-refractivity contribution is 5.79. The number of carbonyl (C=O) groups is 1. The van der Waals surface area contributed by atoms with Crippen molar-refractivity contribution in [3.8, 4) is 0 Å². The molecule has 12 nitrogen and oxygen atoms in total. The highest BCUT2D eigenvalue weighted by Gasteiger charge is 2.62. The Bertz CT molecular complexity index is 1370. The highest BCUT2D eigenvalue weighted by atomic mass is 16.7. The van der Waals surface area contributed by atoms with Gasteiger partial charge in [0.15, 0.2) is 5.79 Å². The number of rotatable bonds is 4. The summed E-state index contributed by atoms with van der Waals surface area (Å²) in [7, 11) is 1.62. The number of aliphatic hydroxyl groups excluding tert-OH is 3. The average molecular weight is 747 g/mol. The lowest BCUT2D eigenvalue weighted by Crippen LogP contribution is -2.63. The van der Waals surface area contributed by atoms with Crippen molar-refractivity contribution in [2.75, 3.05) is 13.7 Å². The molecular formula is C41H62O12. The van der Waals surface area contributed by atoms with Crippen LogP contribution >= 0.6 is 0 Å². The van der Waals surface area contributed by atoms with Gasteiger partial charge in [0.2, 0.25) is 0 Å². The van der Waals surface area contributed by atoms with Gasteiger partial charge in [-0.05, 0) is 68.9 Å². The van der Waals surface area contributed by atoms with Crippen LogP contribution in [0.2, 0.25) is 0 Å². The zero-order valence-electron chi connectivity index (χ0n) is 31.8. The van der Waals surface area contributed by atoms with E-state index in [1.807, 2.05) is 0 Å². The number of hydrogen-bond acceptors (Lipinski definition) is 12. The van der Waals surface area contributed by atoms with Gasteiger partial charge in [0, 0.05) is 58.0 Å². The van der Waals surface area contributed by atoms with Crippen LogP contribution in [0.3, 0.4) is 0 Å². The van der Waals surface area contributed by atoms with Crippen LogP contribution in [0.15, 0.2) is 24.3 Å². The van der Waals surface area contributed by atoms with Gasteiger partial charge in [0.1, 0.15) is 18.0 Å². The zero-order chi connectivity index (χ0) is 37.2. The molecule has 1 spiro atoms. The zero-order valence-corrected chi connectivity index (χ0v) is 31.8. The minimum absolute atomic E-state index is 0.00719. The SMILES string of the molecule is C=C1C2C[C@@H]3O[C@H](C[C@H](O)CO)[C@H](OC)[C@H]3CC(=O)CC3CC[C@]4(C)OC5C[C@@H](O[C@@]6(CC[C@H]7CC(=C)[C@H](CC[C@@H](C[C@H]1C)O2)O7)C[C@@H](O)[C@@H]5O6)[C@H]4O3. The van der Waals surface area contributed by atoms with Crippen molar-refractivity contribution >= 4 is 5.78 Å². The molecule has 3 unspecified atom stereocenters. The van der Waals surface area contributed by atoms with Crippen molar-refractivity contribution in [3.63, 3.8) is 0 Å². The lowest BCUT2D eigenvalue weighted by atomic mass is 9.78. The molecule has 3 N–H and O–H groups in total. The number of carbonyl (C=O) groups excluding carboxylic acids is 1. The van der Waals surface area contributed by atoms with E-state index < -0.39 is 48.0 Å². The number of Topliss-reactive ketones (excluding diaryl/α,β-unsaturated/α-hetero) is 1. The molecule has 8 rings (SSSR count). The normalized spacial score (nSPS) is 51.1. The Morgan fingerprint density at radius 1 is 0.868 bits per heavy atom. The molecule has 0 aromatic carbocycles. The maximum atomic E-state index is 14.1. The van der Waals surface area contributed by atoms with Crippen LogP contribution in [0, 0.1) is 11.8 Å². The maximum Gasteiger partial charge on any atom is 0.172 e. The fourth-order valence-electron chi connectivity index (χ4n) is 11.2. The molecule has 298 valence electrons. The van der Waals surface area contributed by atoms with E-state index >= 15 is 0 Å². The van der Waals surface area contributed by atoms with E-state index in [4.69, 9.17) is 37.9 Å². The fourth-order valence-corrected chi connectivity index (χ4v) is 11.2. The minimum Gasteiger partial charge on any atom is -0.394 e. The second kappa shape index (κ2) is 15.2. The van der Waals surface area contributed by atoms with E-state index in [1.165, 1.54) is 0 Å². The van der Waals surface area contributed by atoms with E-state index in [0.29, 0.717) is 44.9 Å². The van der Waals surface area contributed by atoms with Crippen LogP contribution in [0.25, 0.3) is 0 Å². The molecule has 0 aromatic heterocycles. The summed E-state index contributed by atoms with van der Waals surface area (Å²) < 4.78 is 53.2. The summed E-state index contributed by atoms with van der Waals surface area (Å²) in [6, 6.07) is 0. The summed E-state index contributed by atoms with van der Waals surface area (Å²) in [5.74, 6) is -0.941. The first kappa shape index (κ1) is 38.6. The predicted molar refractivity (Wildman–Crippen MR) is 191 cm³/mol. The number of methoxy groups -OCH3 is 1. The number of hydrogen-bond donors (Lipinski definition) is 3. The maximum absolute atomic E-state index is 14.1. The Labute approximate surface area is 313 Å². The van der Waals surface area contributed by atoms with Crippen molar-refractivity contribution < 1.29 is 58.0 Å². The highest BCUT2D eigenvalue weighted by Crippen LogP contribution is 2.52. The fraction of sp³-hybridized carbons (Fsp3) is 0.878. The van der Waals surface area contributed by atoms with Crippen molar-refractivity contribution in [1.82, 2.24) is 0 Å². The van der Waals surface area contributed by atoms with Gasteiger partial charge in [-0.15, -0.1) is 0 Å². The first-order chi connectivity index (χ1) is 25.4. The van der Waals surface area contributed by atoms with Crippen LogP contribution in [0.4, 0.5) is 0 Å². The second-order valence-corrected chi connectivity index (χ2v) is 17.9. The molecule has 0 amide bonds. The molecule has 8 aliphatic rings. The van der Waals surface area contributed by atoms with E-state index in [2.05, 4.69) is 27.0 Å². The third-order valence-electron chi connectivity index (χ3n) is 14.0. The van der Waals surface area contributed by atoms with Crippen molar-refractivity contribution in [1.29, 1.82) is 0 Å². The molecule has 8 saturated heterocycles.